The van der Waals surface area contributed by atoms with Gasteiger partial charge in [0, 0.05) is 19.0 Å². The predicted molar refractivity (Wildman–Crippen MR) is 87.2 cm³/mol. The van der Waals surface area contributed by atoms with Crippen LogP contribution in [0.15, 0.2) is 12.2 Å². The smallest absolute Gasteiger partial charge is 0.410 e. The summed E-state index contributed by atoms with van der Waals surface area (Å²) >= 11 is 0. The molecule has 1 aliphatic heterocycles. The quantitative estimate of drug-likeness (QED) is 0.753. The summed E-state index contributed by atoms with van der Waals surface area (Å²) in [6.07, 6.45) is 4.02. The zero-order chi connectivity index (χ0) is 17.5. The molecule has 2 aliphatic rings. The van der Waals surface area contributed by atoms with E-state index in [-0.39, 0.29) is 12.0 Å². The summed E-state index contributed by atoms with van der Waals surface area (Å²) in [5.41, 5.74) is -1.52. The second-order valence-electron chi connectivity index (χ2n) is 8.38. The molecule has 0 saturated heterocycles. The first kappa shape index (κ1) is 17.6. The number of alkyl carbamates (subject to hydrolysis) is 1. The molecular formula is C17H28N2O4. The predicted octanol–water partition coefficient (Wildman–Crippen LogP) is 3.08. The van der Waals surface area contributed by atoms with Gasteiger partial charge in [-0.1, -0.05) is 12.2 Å². The Morgan fingerprint density at radius 3 is 2.30 bits per heavy atom. The maximum atomic E-state index is 12.3. The molecular weight excluding hydrogens is 296 g/mol. The molecule has 23 heavy (non-hydrogen) atoms. The van der Waals surface area contributed by atoms with Gasteiger partial charge in [0.15, 0.2) is 0 Å². The Morgan fingerprint density at radius 2 is 1.74 bits per heavy atom. The highest BCUT2D eigenvalue weighted by atomic mass is 16.6. The number of hydrogen-bond donors (Lipinski definition) is 1. The highest BCUT2D eigenvalue weighted by molar-refractivity contribution is 5.72. The average Bonchev–Trinajstić information content (AvgIpc) is 2.95. The van der Waals surface area contributed by atoms with E-state index < -0.39 is 22.8 Å². The summed E-state index contributed by atoms with van der Waals surface area (Å²) in [5.74, 6) is 0.238. The minimum atomic E-state index is -0.545. The van der Waals surface area contributed by atoms with Crippen LogP contribution in [-0.4, -0.2) is 46.9 Å². The van der Waals surface area contributed by atoms with Crippen molar-refractivity contribution < 1.29 is 19.1 Å². The van der Waals surface area contributed by atoms with E-state index >= 15 is 0 Å². The first-order valence-electron chi connectivity index (χ1n) is 8.06. The van der Waals surface area contributed by atoms with E-state index in [1.54, 1.807) is 4.90 Å². The first-order valence-corrected chi connectivity index (χ1v) is 8.06. The minimum Gasteiger partial charge on any atom is -0.444 e. The number of carbonyl (C=O) groups is 2. The lowest BCUT2D eigenvalue weighted by Crippen LogP contribution is -2.50. The highest BCUT2D eigenvalue weighted by Gasteiger charge is 2.56. The van der Waals surface area contributed by atoms with Gasteiger partial charge < -0.3 is 19.7 Å². The lowest BCUT2D eigenvalue weighted by Gasteiger charge is -2.30. The summed E-state index contributed by atoms with van der Waals surface area (Å²) in [5, 5.41) is 2.95. The molecule has 6 nitrogen and oxygen atoms in total. The second-order valence-corrected chi connectivity index (χ2v) is 8.38. The Hall–Kier alpha value is -1.72. The molecule has 1 N–H and O–H groups in total. The van der Waals surface area contributed by atoms with Gasteiger partial charge in [-0.2, -0.15) is 0 Å². The SMILES string of the molecule is CC(C)(C)OC(=O)NC12CC1C=CCN(C(=O)OC(C)(C)C)C2. The number of carbonyl (C=O) groups excluding carboxylic acids is 2. The Balaban J connectivity index is 2.02. The maximum absolute atomic E-state index is 12.3. The molecule has 130 valence electrons. The molecule has 2 amide bonds. The molecule has 2 rings (SSSR count). The van der Waals surface area contributed by atoms with Crippen LogP contribution in [0, 0.1) is 5.92 Å². The minimum absolute atomic E-state index is 0.238. The van der Waals surface area contributed by atoms with E-state index in [2.05, 4.69) is 11.4 Å². The van der Waals surface area contributed by atoms with Gasteiger partial charge in [-0.05, 0) is 48.0 Å². The number of rotatable bonds is 1. The van der Waals surface area contributed by atoms with Crippen molar-refractivity contribution in [2.75, 3.05) is 13.1 Å². The van der Waals surface area contributed by atoms with E-state index in [0.717, 1.165) is 6.42 Å². The van der Waals surface area contributed by atoms with Gasteiger partial charge in [-0.25, -0.2) is 9.59 Å². The number of amides is 2. The largest absolute Gasteiger partial charge is 0.444 e. The lowest BCUT2D eigenvalue weighted by atomic mass is 10.2. The molecule has 2 unspecified atom stereocenters. The third-order valence-electron chi connectivity index (χ3n) is 3.70. The van der Waals surface area contributed by atoms with Crippen LogP contribution in [0.25, 0.3) is 0 Å². The third-order valence-corrected chi connectivity index (χ3v) is 3.70. The van der Waals surface area contributed by atoms with Crippen LogP contribution >= 0.6 is 0 Å². The van der Waals surface area contributed by atoms with Crippen molar-refractivity contribution in [1.29, 1.82) is 0 Å². The molecule has 0 aromatic rings. The monoisotopic (exact) mass is 324 g/mol. The standard InChI is InChI=1S/C17H28N2O4/c1-15(2,3)22-13(20)18-17-10-12(17)8-7-9-19(11-17)14(21)23-16(4,5)6/h7-8,12H,9-11H2,1-6H3,(H,18,20). The van der Waals surface area contributed by atoms with E-state index in [0.29, 0.717) is 13.1 Å². The number of hydrogen-bond acceptors (Lipinski definition) is 4. The van der Waals surface area contributed by atoms with Gasteiger partial charge in [0.25, 0.3) is 0 Å². The third kappa shape index (κ3) is 4.88. The van der Waals surface area contributed by atoms with Crippen molar-refractivity contribution in [3.63, 3.8) is 0 Å². The van der Waals surface area contributed by atoms with Gasteiger partial charge in [-0.15, -0.1) is 0 Å². The fourth-order valence-electron chi connectivity index (χ4n) is 2.68. The Bertz CT molecular complexity index is 516. The molecule has 0 aromatic heterocycles. The lowest BCUT2D eigenvalue weighted by molar-refractivity contribution is 0.0225. The molecule has 1 heterocycles. The van der Waals surface area contributed by atoms with Gasteiger partial charge >= 0.3 is 12.2 Å². The number of fused-ring (bicyclic) bond motifs is 1. The fourth-order valence-corrected chi connectivity index (χ4v) is 2.68. The van der Waals surface area contributed by atoms with Crippen molar-refractivity contribution in [3.05, 3.63) is 12.2 Å². The Kier molecular flexibility index (Phi) is 4.39. The summed E-state index contributed by atoms with van der Waals surface area (Å²) in [6, 6.07) is 0. The van der Waals surface area contributed by atoms with E-state index in [4.69, 9.17) is 9.47 Å². The average molecular weight is 324 g/mol. The van der Waals surface area contributed by atoms with Crippen molar-refractivity contribution in [3.8, 4) is 0 Å². The Morgan fingerprint density at radius 1 is 1.13 bits per heavy atom. The molecule has 6 heteroatoms. The number of nitrogens with one attached hydrogen (secondary N) is 1. The molecule has 1 aliphatic carbocycles. The normalized spacial score (nSPS) is 26.9. The Labute approximate surface area is 138 Å². The van der Waals surface area contributed by atoms with Gasteiger partial charge in [0.05, 0.1) is 5.54 Å². The zero-order valence-corrected chi connectivity index (χ0v) is 14.9. The van der Waals surface area contributed by atoms with Crippen molar-refractivity contribution in [1.82, 2.24) is 10.2 Å². The molecule has 0 bridgehead atoms. The van der Waals surface area contributed by atoms with Crippen molar-refractivity contribution >= 4 is 12.2 Å². The summed E-state index contributed by atoms with van der Waals surface area (Å²) < 4.78 is 10.8. The van der Waals surface area contributed by atoms with E-state index in [9.17, 15) is 9.59 Å². The molecule has 1 saturated carbocycles. The number of nitrogens with zero attached hydrogens (tertiary/aromatic N) is 1. The molecule has 0 aromatic carbocycles. The topological polar surface area (TPSA) is 67.9 Å². The highest BCUT2D eigenvalue weighted by Crippen LogP contribution is 2.46. The zero-order valence-electron chi connectivity index (χ0n) is 14.9. The van der Waals surface area contributed by atoms with E-state index in [1.165, 1.54) is 0 Å². The van der Waals surface area contributed by atoms with Gasteiger partial charge in [0.1, 0.15) is 11.2 Å². The first-order chi connectivity index (χ1) is 10.4. The van der Waals surface area contributed by atoms with E-state index in [1.807, 2.05) is 47.6 Å². The summed E-state index contributed by atoms with van der Waals surface area (Å²) in [4.78, 5) is 26.0. The van der Waals surface area contributed by atoms with Crippen LogP contribution < -0.4 is 5.32 Å². The van der Waals surface area contributed by atoms with Crippen molar-refractivity contribution in [2.24, 2.45) is 5.92 Å². The molecule has 1 fully saturated rings. The van der Waals surface area contributed by atoms with Crippen LogP contribution in [-0.2, 0) is 9.47 Å². The van der Waals surface area contributed by atoms with Crippen LogP contribution in [0.4, 0.5) is 9.59 Å². The summed E-state index contributed by atoms with van der Waals surface area (Å²) in [6.45, 7) is 11.9. The number of ether oxygens (including phenoxy) is 2. The maximum Gasteiger partial charge on any atom is 0.410 e. The van der Waals surface area contributed by atoms with Gasteiger partial charge in [0.2, 0.25) is 0 Å². The van der Waals surface area contributed by atoms with Crippen LogP contribution in [0.3, 0.4) is 0 Å². The summed E-state index contributed by atoms with van der Waals surface area (Å²) in [7, 11) is 0. The van der Waals surface area contributed by atoms with Crippen LogP contribution in [0.5, 0.6) is 0 Å². The van der Waals surface area contributed by atoms with Gasteiger partial charge in [-0.3, -0.25) is 0 Å². The fraction of sp³-hybridized carbons (Fsp3) is 0.765. The molecule has 0 radical (unpaired) electrons. The van der Waals surface area contributed by atoms with Crippen LogP contribution in [0.2, 0.25) is 0 Å². The van der Waals surface area contributed by atoms with Crippen LogP contribution in [0.1, 0.15) is 48.0 Å². The molecule has 0 spiro atoms. The van der Waals surface area contributed by atoms with Crippen molar-refractivity contribution in [2.45, 2.75) is 64.7 Å². The second kappa shape index (κ2) is 5.73. The molecule has 2 atom stereocenters.